The number of ether oxygens (including phenoxy) is 1. The predicted octanol–water partition coefficient (Wildman–Crippen LogP) is 1.12. The number of rotatable bonds is 3. The minimum atomic E-state index is -0.473. The summed E-state index contributed by atoms with van der Waals surface area (Å²) >= 11 is 0. The second-order valence-electron chi connectivity index (χ2n) is 2.46. The van der Waals surface area contributed by atoms with Gasteiger partial charge in [-0.15, -0.1) is 0 Å². The quantitative estimate of drug-likeness (QED) is 0.726. The maximum absolute atomic E-state index is 11.1. The Balaban J connectivity index is 2.83. The summed E-state index contributed by atoms with van der Waals surface area (Å²) in [6, 6.07) is 1.96. The van der Waals surface area contributed by atoms with E-state index in [1.54, 1.807) is 12.2 Å². The van der Waals surface area contributed by atoms with E-state index in [1.165, 1.54) is 13.3 Å². The molecule has 0 radical (unpaired) electrons. The molecule has 72 valence electrons. The normalized spacial score (nSPS) is 10.0. The van der Waals surface area contributed by atoms with Crippen LogP contribution in [-0.4, -0.2) is 23.3 Å². The van der Waals surface area contributed by atoms with Crippen LogP contribution in [-0.2, 0) is 4.74 Å². The first-order chi connectivity index (χ1) is 6.79. The van der Waals surface area contributed by atoms with E-state index in [-0.39, 0.29) is 0 Å². The van der Waals surface area contributed by atoms with Gasteiger partial charge in [0.25, 0.3) is 0 Å². The molecule has 5 nitrogen and oxygen atoms in total. The van der Waals surface area contributed by atoms with Crippen molar-refractivity contribution in [2.45, 2.75) is 6.42 Å². The van der Waals surface area contributed by atoms with Crippen molar-refractivity contribution in [3.05, 3.63) is 23.5 Å². The summed E-state index contributed by atoms with van der Waals surface area (Å²) in [5.41, 5.74) is 0.911. The molecule has 14 heavy (non-hydrogen) atoms. The minimum absolute atomic E-state index is 0.293. The fourth-order valence-electron chi connectivity index (χ4n) is 0.926. The van der Waals surface area contributed by atoms with Gasteiger partial charge in [-0.25, -0.2) is 4.79 Å². The van der Waals surface area contributed by atoms with Gasteiger partial charge in [-0.05, 0) is 0 Å². The second-order valence-corrected chi connectivity index (χ2v) is 2.46. The Kier molecular flexibility index (Phi) is 3.44. The molecule has 1 N–H and O–H groups in total. The van der Waals surface area contributed by atoms with Crippen molar-refractivity contribution in [2.75, 3.05) is 7.11 Å². The van der Waals surface area contributed by atoms with Crippen LogP contribution in [0.2, 0.25) is 0 Å². The van der Waals surface area contributed by atoms with Crippen molar-refractivity contribution < 1.29 is 9.53 Å². The number of methoxy groups -OCH3 is 1. The molecule has 1 aromatic heterocycles. The molecular weight excluding hydrogens is 182 g/mol. The van der Waals surface area contributed by atoms with Crippen LogP contribution in [0.3, 0.4) is 0 Å². The highest BCUT2D eigenvalue weighted by Crippen LogP contribution is 2.08. The van der Waals surface area contributed by atoms with E-state index in [9.17, 15) is 4.79 Å². The maximum Gasteiger partial charge on any atom is 0.356 e. The predicted molar refractivity (Wildman–Crippen MR) is 49.2 cm³/mol. The van der Waals surface area contributed by atoms with E-state index in [1.807, 2.05) is 6.07 Å². The zero-order chi connectivity index (χ0) is 10.4. The Bertz CT molecular complexity index is 387. The van der Waals surface area contributed by atoms with Gasteiger partial charge in [0.2, 0.25) is 0 Å². The molecule has 0 aromatic carbocycles. The van der Waals surface area contributed by atoms with Gasteiger partial charge in [0.05, 0.1) is 25.8 Å². The topological polar surface area (TPSA) is 78.8 Å². The van der Waals surface area contributed by atoms with Crippen LogP contribution in [0.25, 0.3) is 6.08 Å². The zero-order valence-corrected chi connectivity index (χ0v) is 7.65. The van der Waals surface area contributed by atoms with Gasteiger partial charge < -0.3 is 4.74 Å². The summed E-state index contributed by atoms with van der Waals surface area (Å²) < 4.78 is 4.53. The highest BCUT2D eigenvalue weighted by molar-refractivity contribution is 5.91. The van der Waals surface area contributed by atoms with E-state index in [0.717, 1.165) is 0 Å². The molecule has 0 aliphatic rings. The molecule has 1 rings (SSSR count). The molecule has 0 unspecified atom stereocenters. The highest BCUT2D eigenvalue weighted by Gasteiger charge is 2.11. The summed E-state index contributed by atoms with van der Waals surface area (Å²) in [6.07, 6.45) is 5.10. The molecule has 0 saturated heterocycles. The third kappa shape index (κ3) is 2.20. The first-order valence-electron chi connectivity index (χ1n) is 3.94. The number of hydrogen-bond donors (Lipinski definition) is 1. The van der Waals surface area contributed by atoms with Crippen LogP contribution in [0.1, 0.15) is 22.5 Å². The van der Waals surface area contributed by atoms with Crippen LogP contribution in [0.15, 0.2) is 12.3 Å². The highest BCUT2D eigenvalue weighted by atomic mass is 16.5. The van der Waals surface area contributed by atoms with E-state index >= 15 is 0 Å². The van der Waals surface area contributed by atoms with E-state index < -0.39 is 5.97 Å². The minimum Gasteiger partial charge on any atom is -0.464 e. The zero-order valence-electron chi connectivity index (χ0n) is 7.65. The molecule has 0 aliphatic carbocycles. The monoisotopic (exact) mass is 191 g/mol. The summed E-state index contributed by atoms with van der Waals surface area (Å²) in [5.74, 6) is -0.473. The van der Waals surface area contributed by atoms with Crippen LogP contribution in [0.5, 0.6) is 0 Å². The van der Waals surface area contributed by atoms with Gasteiger partial charge in [-0.3, -0.25) is 5.10 Å². The fraction of sp³-hybridized carbons (Fsp3) is 0.222. The summed E-state index contributed by atoms with van der Waals surface area (Å²) in [7, 11) is 1.30. The number of nitriles is 1. The lowest BCUT2D eigenvalue weighted by atomic mass is 10.2. The molecule has 0 bridgehead atoms. The van der Waals surface area contributed by atoms with Crippen LogP contribution in [0.4, 0.5) is 0 Å². The average Bonchev–Trinajstić information content (AvgIpc) is 2.65. The number of nitrogens with zero attached hydrogens (tertiary/aromatic N) is 2. The molecule has 0 fully saturated rings. The Morgan fingerprint density at radius 3 is 3.29 bits per heavy atom. The lowest BCUT2D eigenvalue weighted by Crippen LogP contribution is -2.03. The van der Waals surface area contributed by atoms with E-state index in [4.69, 9.17) is 5.26 Å². The molecule has 5 heteroatoms. The number of carbonyl (C=O) groups excluding carboxylic acids is 1. The SMILES string of the molecule is COC(=O)c1[nH]ncc1C=CCC#N. The van der Waals surface area contributed by atoms with Crippen molar-refractivity contribution in [1.29, 1.82) is 5.26 Å². The molecule has 1 heterocycles. The second kappa shape index (κ2) is 4.82. The number of esters is 1. The molecular formula is C9H9N3O2. The third-order valence-corrected chi connectivity index (χ3v) is 1.56. The lowest BCUT2D eigenvalue weighted by molar-refractivity contribution is 0.0594. The Morgan fingerprint density at radius 1 is 1.86 bits per heavy atom. The fourth-order valence-corrected chi connectivity index (χ4v) is 0.926. The molecule has 0 saturated carbocycles. The molecule has 0 spiro atoms. The number of aromatic nitrogens is 2. The summed E-state index contributed by atoms with van der Waals surface area (Å²) in [5, 5.41) is 14.5. The lowest BCUT2D eigenvalue weighted by Gasteiger charge is -1.95. The van der Waals surface area contributed by atoms with Crippen molar-refractivity contribution in [2.24, 2.45) is 0 Å². The van der Waals surface area contributed by atoms with Gasteiger partial charge >= 0.3 is 5.97 Å². The molecule has 1 aromatic rings. The number of hydrogen-bond acceptors (Lipinski definition) is 4. The average molecular weight is 191 g/mol. The Hall–Kier alpha value is -2.09. The molecule has 0 atom stereocenters. The van der Waals surface area contributed by atoms with Crippen molar-refractivity contribution in [3.8, 4) is 6.07 Å². The first kappa shape index (κ1) is 9.99. The number of aromatic amines is 1. The molecule has 0 amide bonds. The van der Waals surface area contributed by atoms with Gasteiger partial charge in [0.1, 0.15) is 0 Å². The number of carbonyl (C=O) groups is 1. The first-order valence-corrected chi connectivity index (χ1v) is 3.94. The van der Waals surface area contributed by atoms with Gasteiger partial charge in [0.15, 0.2) is 5.69 Å². The largest absolute Gasteiger partial charge is 0.464 e. The van der Waals surface area contributed by atoms with Crippen LogP contribution < -0.4 is 0 Å². The summed E-state index contributed by atoms with van der Waals surface area (Å²) in [6.45, 7) is 0. The smallest absolute Gasteiger partial charge is 0.356 e. The van der Waals surface area contributed by atoms with Crippen molar-refractivity contribution in [3.63, 3.8) is 0 Å². The molecule has 0 aliphatic heterocycles. The summed E-state index contributed by atoms with van der Waals surface area (Å²) in [4.78, 5) is 11.1. The number of nitrogens with one attached hydrogen (secondary N) is 1. The van der Waals surface area contributed by atoms with Crippen LogP contribution in [0, 0.1) is 11.3 Å². The third-order valence-electron chi connectivity index (χ3n) is 1.56. The standard InChI is InChI=1S/C9H9N3O2/c1-14-9(13)8-7(6-11-12-8)4-2-3-5-10/h2,4,6H,3H2,1H3,(H,11,12). The Labute approximate surface area is 81.0 Å². The van der Waals surface area contributed by atoms with Crippen LogP contribution >= 0.6 is 0 Å². The van der Waals surface area contributed by atoms with Crippen molar-refractivity contribution >= 4 is 12.0 Å². The Morgan fingerprint density at radius 2 is 2.64 bits per heavy atom. The van der Waals surface area contributed by atoms with Gasteiger partial charge in [-0.2, -0.15) is 10.4 Å². The van der Waals surface area contributed by atoms with Gasteiger partial charge in [-0.1, -0.05) is 12.2 Å². The number of H-pyrrole nitrogens is 1. The van der Waals surface area contributed by atoms with E-state index in [2.05, 4.69) is 14.9 Å². The van der Waals surface area contributed by atoms with Crippen molar-refractivity contribution in [1.82, 2.24) is 10.2 Å². The maximum atomic E-state index is 11.1. The van der Waals surface area contributed by atoms with E-state index in [0.29, 0.717) is 17.7 Å². The number of allylic oxidation sites excluding steroid dienone is 1. The van der Waals surface area contributed by atoms with Gasteiger partial charge in [0, 0.05) is 5.56 Å².